The summed E-state index contributed by atoms with van der Waals surface area (Å²) in [6.45, 7) is 1.63. The monoisotopic (exact) mass is 317 g/mol. The van der Waals surface area contributed by atoms with Crippen molar-refractivity contribution >= 4 is 35.0 Å². The Hall–Kier alpha value is -1.79. The third kappa shape index (κ3) is 2.32. The molecule has 0 unspecified atom stereocenters. The molecule has 0 saturated carbocycles. The lowest BCUT2D eigenvalue weighted by Crippen LogP contribution is -2.08. The molecule has 0 fully saturated rings. The number of esters is 1. The molecule has 106 valence electrons. The predicted molar refractivity (Wildman–Crippen MR) is 74.0 cm³/mol. The molecule has 0 aliphatic carbocycles. The number of methoxy groups -OCH3 is 1. The Labute approximate surface area is 124 Å². The maximum Gasteiger partial charge on any atom is 0.360 e. The average molecular weight is 318 g/mol. The van der Waals surface area contributed by atoms with Crippen LogP contribution in [0.25, 0.3) is 5.69 Å². The second-order valence-electron chi connectivity index (χ2n) is 3.94. The number of aromatic nitrogens is 2. The van der Waals surface area contributed by atoms with Gasteiger partial charge in [-0.3, -0.25) is 4.57 Å². The number of anilines is 1. The number of hydrogen-bond donors (Lipinski definition) is 1. The molecule has 20 heavy (non-hydrogen) atoms. The van der Waals surface area contributed by atoms with Gasteiger partial charge in [-0.2, -0.15) is 0 Å². The summed E-state index contributed by atoms with van der Waals surface area (Å²) in [5.74, 6) is -0.903. The van der Waals surface area contributed by atoms with Gasteiger partial charge in [0.1, 0.15) is 11.6 Å². The van der Waals surface area contributed by atoms with Crippen molar-refractivity contribution in [3.63, 3.8) is 0 Å². The first-order valence-electron chi connectivity index (χ1n) is 5.44. The minimum absolute atomic E-state index is 0.0263. The van der Waals surface area contributed by atoms with E-state index in [-0.39, 0.29) is 21.6 Å². The van der Waals surface area contributed by atoms with Crippen LogP contribution in [0.3, 0.4) is 0 Å². The zero-order valence-electron chi connectivity index (χ0n) is 10.6. The van der Waals surface area contributed by atoms with E-state index < -0.39 is 11.8 Å². The fraction of sp³-hybridized carbons (Fsp3) is 0.167. The van der Waals surface area contributed by atoms with Gasteiger partial charge in [-0.25, -0.2) is 14.2 Å². The van der Waals surface area contributed by atoms with Crippen molar-refractivity contribution in [1.29, 1.82) is 0 Å². The molecule has 0 radical (unpaired) electrons. The van der Waals surface area contributed by atoms with Crippen LogP contribution in [0.5, 0.6) is 0 Å². The fourth-order valence-corrected chi connectivity index (χ4v) is 2.27. The molecule has 2 aromatic rings. The smallest absolute Gasteiger partial charge is 0.360 e. The van der Waals surface area contributed by atoms with Crippen LogP contribution in [0.1, 0.15) is 16.3 Å². The molecule has 5 nitrogen and oxygen atoms in total. The molecule has 1 aromatic carbocycles. The van der Waals surface area contributed by atoms with Crippen LogP contribution in [0.15, 0.2) is 12.1 Å². The van der Waals surface area contributed by atoms with Crippen LogP contribution in [-0.2, 0) is 4.74 Å². The van der Waals surface area contributed by atoms with Crippen molar-refractivity contribution in [3.05, 3.63) is 39.5 Å². The number of imidazole rings is 1. The maximum atomic E-state index is 13.4. The normalized spacial score (nSPS) is 10.7. The third-order valence-corrected chi connectivity index (χ3v) is 3.24. The third-order valence-electron chi connectivity index (χ3n) is 2.69. The number of aryl methyl sites for hydroxylation is 1. The van der Waals surface area contributed by atoms with Crippen molar-refractivity contribution in [2.75, 3.05) is 12.8 Å². The highest BCUT2D eigenvalue weighted by atomic mass is 35.5. The molecule has 0 spiro atoms. The Morgan fingerprint density at radius 1 is 1.40 bits per heavy atom. The zero-order valence-corrected chi connectivity index (χ0v) is 12.1. The van der Waals surface area contributed by atoms with Gasteiger partial charge in [0.05, 0.1) is 22.8 Å². The molecular formula is C12H10Cl2FN3O2. The van der Waals surface area contributed by atoms with Crippen LogP contribution in [-0.4, -0.2) is 22.6 Å². The van der Waals surface area contributed by atoms with E-state index >= 15 is 0 Å². The van der Waals surface area contributed by atoms with E-state index in [2.05, 4.69) is 9.72 Å². The van der Waals surface area contributed by atoms with Gasteiger partial charge >= 0.3 is 5.97 Å². The number of nitrogens with zero attached hydrogens (tertiary/aromatic N) is 2. The Bertz CT molecular complexity index is 677. The number of benzene rings is 1. The van der Waals surface area contributed by atoms with Gasteiger partial charge in [0.2, 0.25) is 0 Å². The molecule has 0 aliphatic heterocycles. The van der Waals surface area contributed by atoms with Crippen LogP contribution in [0.4, 0.5) is 10.2 Å². The van der Waals surface area contributed by atoms with E-state index in [0.717, 1.165) is 0 Å². The van der Waals surface area contributed by atoms with Crippen molar-refractivity contribution in [2.45, 2.75) is 6.92 Å². The number of halogens is 3. The van der Waals surface area contributed by atoms with Crippen molar-refractivity contribution in [3.8, 4) is 5.69 Å². The molecule has 1 heterocycles. The van der Waals surface area contributed by atoms with Gasteiger partial charge in [0.25, 0.3) is 0 Å². The number of carbonyl (C=O) groups is 1. The van der Waals surface area contributed by atoms with Gasteiger partial charge in [0, 0.05) is 0 Å². The summed E-state index contributed by atoms with van der Waals surface area (Å²) >= 11 is 11.5. The lowest BCUT2D eigenvalue weighted by atomic mass is 10.3. The van der Waals surface area contributed by atoms with Gasteiger partial charge in [-0.15, -0.1) is 0 Å². The Balaban J connectivity index is 2.65. The quantitative estimate of drug-likeness (QED) is 0.682. The van der Waals surface area contributed by atoms with Gasteiger partial charge in [-0.1, -0.05) is 23.2 Å². The molecule has 0 atom stereocenters. The minimum Gasteiger partial charge on any atom is -0.464 e. The lowest BCUT2D eigenvalue weighted by Gasteiger charge is -2.09. The van der Waals surface area contributed by atoms with Crippen LogP contribution >= 0.6 is 23.2 Å². The molecule has 0 aliphatic rings. The van der Waals surface area contributed by atoms with E-state index in [9.17, 15) is 9.18 Å². The average Bonchev–Trinajstić information content (AvgIpc) is 2.70. The molecule has 0 saturated heterocycles. The SMILES string of the molecule is COC(=O)c1nc(C)n(-c2cc(Cl)c(F)c(Cl)c2)c1N. The number of rotatable bonds is 2. The highest BCUT2D eigenvalue weighted by Crippen LogP contribution is 2.29. The predicted octanol–water partition coefficient (Wildman–Crippen LogP) is 3.00. The second-order valence-corrected chi connectivity index (χ2v) is 4.76. The van der Waals surface area contributed by atoms with Gasteiger partial charge in [-0.05, 0) is 19.1 Å². The summed E-state index contributed by atoms with van der Waals surface area (Å²) in [4.78, 5) is 15.6. The maximum absolute atomic E-state index is 13.4. The summed E-state index contributed by atoms with van der Waals surface area (Å²) in [5.41, 5.74) is 6.25. The Morgan fingerprint density at radius 3 is 2.45 bits per heavy atom. The fourth-order valence-electron chi connectivity index (χ4n) is 1.79. The Kier molecular flexibility index (Phi) is 3.87. The van der Waals surface area contributed by atoms with Crippen LogP contribution < -0.4 is 5.73 Å². The first-order chi connectivity index (χ1) is 9.36. The molecular weight excluding hydrogens is 308 g/mol. The van der Waals surface area contributed by atoms with Crippen LogP contribution in [0, 0.1) is 12.7 Å². The van der Waals surface area contributed by atoms with Gasteiger partial charge < -0.3 is 10.5 Å². The van der Waals surface area contributed by atoms with E-state index in [1.165, 1.54) is 23.8 Å². The van der Waals surface area contributed by atoms with Gasteiger partial charge in [0.15, 0.2) is 11.5 Å². The summed E-state index contributed by atoms with van der Waals surface area (Å²) in [6, 6.07) is 2.68. The minimum atomic E-state index is -0.721. The van der Waals surface area contributed by atoms with Crippen molar-refractivity contribution < 1.29 is 13.9 Å². The highest BCUT2D eigenvalue weighted by Gasteiger charge is 2.21. The summed E-state index contributed by atoms with van der Waals surface area (Å²) in [5, 5.41) is -0.306. The van der Waals surface area contributed by atoms with E-state index in [4.69, 9.17) is 28.9 Å². The number of nitrogens with two attached hydrogens (primary N) is 1. The Morgan fingerprint density at radius 2 is 1.95 bits per heavy atom. The first-order valence-corrected chi connectivity index (χ1v) is 6.20. The summed E-state index contributed by atoms with van der Waals surface area (Å²) < 4.78 is 19.4. The number of nitrogen functional groups attached to an aromatic ring is 1. The molecule has 0 bridgehead atoms. The molecule has 2 N–H and O–H groups in total. The molecule has 8 heteroatoms. The largest absolute Gasteiger partial charge is 0.464 e. The van der Waals surface area contributed by atoms with E-state index in [1.54, 1.807) is 6.92 Å². The van der Waals surface area contributed by atoms with Crippen molar-refractivity contribution in [2.24, 2.45) is 0 Å². The summed E-state index contributed by atoms with van der Waals surface area (Å²) in [6.07, 6.45) is 0. The van der Waals surface area contributed by atoms with Crippen LogP contribution in [0.2, 0.25) is 10.0 Å². The summed E-state index contributed by atoms with van der Waals surface area (Å²) in [7, 11) is 1.22. The standard InChI is InChI=1S/C12H10Cl2FN3O2/c1-5-17-10(12(19)20-2)11(16)18(5)6-3-7(13)9(15)8(14)4-6/h3-4H,16H2,1-2H3. The number of carbonyl (C=O) groups excluding carboxylic acids is 1. The number of hydrogen-bond acceptors (Lipinski definition) is 4. The van der Waals surface area contributed by atoms with Crippen molar-refractivity contribution in [1.82, 2.24) is 9.55 Å². The topological polar surface area (TPSA) is 70.1 Å². The highest BCUT2D eigenvalue weighted by molar-refractivity contribution is 6.35. The lowest BCUT2D eigenvalue weighted by molar-refractivity contribution is 0.0596. The molecule has 0 amide bonds. The zero-order chi connectivity index (χ0) is 15.0. The number of ether oxygens (including phenoxy) is 1. The second kappa shape index (κ2) is 5.30. The molecule has 2 rings (SSSR count). The van der Waals surface area contributed by atoms with E-state index in [1.807, 2.05) is 0 Å². The first kappa shape index (κ1) is 14.6. The van der Waals surface area contributed by atoms with E-state index in [0.29, 0.717) is 11.5 Å². The molecule has 1 aromatic heterocycles.